The zero-order chi connectivity index (χ0) is 22.9. The molecule has 33 heavy (non-hydrogen) atoms. The predicted molar refractivity (Wildman–Crippen MR) is 138 cm³/mol. The molecule has 8 heteroatoms. The third-order valence-corrected chi connectivity index (χ3v) is 9.16. The highest BCUT2D eigenvalue weighted by Crippen LogP contribution is 2.27. The molecule has 2 aliphatic heterocycles. The summed E-state index contributed by atoms with van der Waals surface area (Å²) in [4.78, 5) is 30.6. The second-order valence-corrected chi connectivity index (χ2v) is 11.6. The van der Waals surface area contributed by atoms with Crippen molar-refractivity contribution >= 4 is 35.3 Å². The average Bonchev–Trinajstić information content (AvgIpc) is 3.40. The lowest BCUT2D eigenvalue weighted by Gasteiger charge is -2.36. The van der Waals surface area contributed by atoms with E-state index < -0.39 is 6.04 Å². The fourth-order valence-corrected chi connectivity index (χ4v) is 7.11. The molecule has 1 saturated carbocycles. The molecule has 0 bridgehead atoms. The van der Waals surface area contributed by atoms with Crippen LogP contribution in [-0.4, -0.2) is 83.0 Å². The summed E-state index contributed by atoms with van der Waals surface area (Å²) >= 11 is 3.58. The van der Waals surface area contributed by atoms with E-state index in [9.17, 15) is 9.59 Å². The highest BCUT2D eigenvalue weighted by Gasteiger charge is 2.32. The molecule has 2 saturated heterocycles. The van der Waals surface area contributed by atoms with Gasteiger partial charge < -0.3 is 10.2 Å². The van der Waals surface area contributed by atoms with Gasteiger partial charge in [-0.05, 0) is 30.1 Å². The first kappa shape index (κ1) is 24.9. The molecule has 6 nitrogen and oxygen atoms in total. The Bertz CT molecular complexity index is 746. The van der Waals surface area contributed by atoms with Crippen LogP contribution in [0, 0.1) is 5.92 Å². The van der Waals surface area contributed by atoms with Gasteiger partial charge >= 0.3 is 0 Å². The van der Waals surface area contributed by atoms with Crippen LogP contribution in [0.5, 0.6) is 0 Å². The lowest BCUT2D eigenvalue weighted by atomic mass is 9.91. The maximum absolute atomic E-state index is 13.4. The number of carbonyl (C=O) groups excluding carboxylic acids is 2. The summed E-state index contributed by atoms with van der Waals surface area (Å²) in [5, 5.41) is 6.33. The molecular formula is C25H38N4O2S2. The van der Waals surface area contributed by atoms with Gasteiger partial charge in [-0.15, -0.1) is 11.8 Å². The van der Waals surface area contributed by atoms with Crippen LogP contribution < -0.4 is 10.6 Å². The summed E-state index contributed by atoms with van der Waals surface area (Å²) in [7, 11) is 0. The Kier molecular flexibility index (Phi) is 9.82. The molecule has 2 amide bonds. The van der Waals surface area contributed by atoms with Gasteiger partial charge in [-0.2, -0.15) is 11.8 Å². The number of hydrogen-bond donors (Lipinski definition) is 2. The summed E-state index contributed by atoms with van der Waals surface area (Å²) in [6.45, 7) is 4.12. The molecule has 2 atom stereocenters. The first-order valence-corrected chi connectivity index (χ1v) is 14.7. The Labute approximate surface area is 207 Å². The average molecular weight is 491 g/mol. The van der Waals surface area contributed by atoms with Crippen molar-refractivity contribution in [2.24, 2.45) is 5.92 Å². The Hall–Kier alpha value is -1.22. The molecule has 182 valence electrons. The molecule has 0 aromatic heterocycles. The highest BCUT2D eigenvalue weighted by atomic mass is 32.2. The highest BCUT2D eigenvalue weighted by molar-refractivity contribution is 7.99. The van der Waals surface area contributed by atoms with Crippen molar-refractivity contribution in [2.75, 3.05) is 49.3 Å². The summed E-state index contributed by atoms with van der Waals surface area (Å²) < 4.78 is 0. The van der Waals surface area contributed by atoms with E-state index in [1.165, 1.54) is 37.7 Å². The number of amides is 2. The van der Waals surface area contributed by atoms with E-state index in [4.69, 9.17) is 0 Å². The van der Waals surface area contributed by atoms with Gasteiger partial charge in [0.05, 0.1) is 6.04 Å². The van der Waals surface area contributed by atoms with Crippen molar-refractivity contribution in [3.63, 3.8) is 0 Å². The fraction of sp³-hybridized carbons (Fsp3) is 0.680. The summed E-state index contributed by atoms with van der Waals surface area (Å²) in [5.74, 6) is 4.18. The van der Waals surface area contributed by atoms with Gasteiger partial charge in [0.25, 0.3) is 0 Å². The standard InChI is InChI=1S/C25H38N4O2S2/c30-24(22-17-33-19-26-22)27-23(18-32-16-21-9-5-2-6-10-21)25(31)29-13-11-28(12-14-29)15-20-7-3-1-4-8-20/h1,3-4,7-8,21-23,26H,2,5-6,9-19H2,(H,27,30)/t22-,23-/m0/s1. The normalized spacial score (nSPS) is 23.4. The van der Waals surface area contributed by atoms with E-state index in [2.05, 4.69) is 39.8 Å². The molecule has 4 rings (SSSR count). The molecular weight excluding hydrogens is 452 g/mol. The van der Waals surface area contributed by atoms with E-state index in [-0.39, 0.29) is 17.9 Å². The van der Waals surface area contributed by atoms with Crippen molar-refractivity contribution in [1.82, 2.24) is 20.4 Å². The van der Waals surface area contributed by atoms with E-state index >= 15 is 0 Å². The summed E-state index contributed by atoms with van der Waals surface area (Å²) in [6, 6.07) is 9.89. The number of nitrogens with zero attached hydrogens (tertiary/aromatic N) is 2. The van der Waals surface area contributed by atoms with Crippen molar-refractivity contribution in [1.29, 1.82) is 0 Å². The molecule has 2 heterocycles. The van der Waals surface area contributed by atoms with Gasteiger partial charge in [0.2, 0.25) is 11.8 Å². The minimum absolute atomic E-state index is 0.0284. The smallest absolute Gasteiger partial charge is 0.246 e. The Morgan fingerprint density at radius 3 is 2.55 bits per heavy atom. The zero-order valence-electron chi connectivity index (χ0n) is 19.5. The lowest BCUT2D eigenvalue weighted by molar-refractivity contribution is -0.137. The number of carbonyl (C=O) groups is 2. The van der Waals surface area contributed by atoms with Crippen LogP contribution >= 0.6 is 23.5 Å². The maximum atomic E-state index is 13.4. The lowest BCUT2D eigenvalue weighted by Crippen LogP contribution is -2.57. The summed E-state index contributed by atoms with van der Waals surface area (Å²) in [5.41, 5.74) is 1.31. The first-order chi connectivity index (χ1) is 16.2. The van der Waals surface area contributed by atoms with Gasteiger partial charge in [-0.3, -0.25) is 19.8 Å². The maximum Gasteiger partial charge on any atom is 0.246 e. The van der Waals surface area contributed by atoms with Gasteiger partial charge in [-0.1, -0.05) is 49.6 Å². The third-order valence-electron chi connectivity index (χ3n) is 6.94. The van der Waals surface area contributed by atoms with Crippen molar-refractivity contribution in [2.45, 2.75) is 50.7 Å². The van der Waals surface area contributed by atoms with Gasteiger partial charge in [0.15, 0.2) is 0 Å². The molecule has 1 aromatic rings. The van der Waals surface area contributed by atoms with Crippen LogP contribution in [0.4, 0.5) is 0 Å². The predicted octanol–water partition coefficient (Wildman–Crippen LogP) is 2.79. The van der Waals surface area contributed by atoms with Crippen LogP contribution in [-0.2, 0) is 16.1 Å². The van der Waals surface area contributed by atoms with Gasteiger partial charge in [0, 0.05) is 50.1 Å². The van der Waals surface area contributed by atoms with E-state index in [0.717, 1.165) is 56.0 Å². The Morgan fingerprint density at radius 1 is 1.09 bits per heavy atom. The van der Waals surface area contributed by atoms with Crippen molar-refractivity contribution < 1.29 is 9.59 Å². The minimum Gasteiger partial charge on any atom is -0.342 e. The van der Waals surface area contributed by atoms with Crippen molar-refractivity contribution in [3.05, 3.63) is 35.9 Å². The minimum atomic E-state index is -0.431. The van der Waals surface area contributed by atoms with Gasteiger partial charge in [-0.25, -0.2) is 0 Å². The molecule has 2 N–H and O–H groups in total. The van der Waals surface area contributed by atoms with Gasteiger partial charge in [0.1, 0.15) is 6.04 Å². The molecule has 0 unspecified atom stereocenters. The monoisotopic (exact) mass is 490 g/mol. The number of hydrogen-bond acceptors (Lipinski definition) is 6. The largest absolute Gasteiger partial charge is 0.342 e. The van der Waals surface area contributed by atoms with Crippen LogP contribution in [0.1, 0.15) is 37.7 Å². The molecule has 0 spiro atoms. The molecule has 0 radical (unpaired) electrons. The van der Waals surface area contributed by atoms with Crippen molar-refractivity contribution in [3.8, 4) is 0 Å². The Morgan fingerprint density at radius 2 is 1.85 bits per heavy atom. The number of thioether (sulfide) groups is 2. The quantitative estimate of drug-likeness (QED) is 0.555. The van der Waals surface area contributed by atoms with Crippen LogP contribution in [0.15, 0.2) is 30.3 Å². The topological polar surface area (TPSA) is 64.7 Å². The Balaban J connectivity index is 1.29. The van der Waals surface area contributed by atoms with Crippen LogP contribution in [0.25, 0.3) is 0 Å². The van der Waals surface area contributed by atoms with E-state index in [0.29, 0.717) is 5.75 Å². The number of rotatable bonds is 9. The fourth-order valence-electron chi connectivity index (χ4n) is 4.91. The second-order valence-electron chi connectivity index (χ2n) is 9.46. The number of piperazine rings is 1. The number of nitrogens with one attached hydrogen (secondary N) is 2. The van der Waals surface area contributed by atoms with E-state index in [1.807, 2.05) is 22.7 Å². The van der Waals surface area contributed by atoms with Crippen LogP contribution in [0.3, 0.4) is 0 Å². The first-order valence-electron chi connectivity index (χ1n) is 12.4. The van der Waals surface area contributed by atoms with Crippen LogP contribution in [0.2, 0.25) is 0 Å². The van der Waals surface area contributed by atoms with E-state index in [1.54, 1.807) is 11.8 Å². The molecule has 1 aliphatic carbocycles. The molecule has 1 aromatic carbocycles. The summed E-state index contributed by atoms with van der Waals surface area (Å²) in [6.07, 6.45) is 6.65. The second kappa shape index (κ2) is 13.0. The molecule has 3 aliphatic rings. The number of benzene rings is 1. The third kappa shape index (κ3) is 7.64. The zero-order valence-corrected chi connectivity index (χ0v) is 21.2. The molecule has 3 fully saturated rings. The SMILES string of the molecule is O=C(N[C@@H](CSCC1CCCCC1)C(=O)N1CCN(Cc2ccccc2)CC1)[C@@H]1CSCN1.